The van der Waals surface area contributed by atoms with E-state index >= 15 is 0 Å². The van der Waals surface area contributed by atoms with E-state index < -0.39 is 5.91 Å². The van der Waals surface area contributed by atoms with Crippen LogP contribution in [0.1, 0.15) is 21.5 Å². The Bertz CT molecular complexity index is 1030. The van der Waals surface area contributed by atoms with Crippen LogP contribution >= 0.6 is 0 Å². The maximum atomic E-state index is 12.9. The molecule has 146 valence electrons. The van der Waals surface area contributed by atoms with Gasteiger partial charge in [0, 0.05) is 11.3 Å². The largest absolute Gasteiger partial charge is 0.497 e. The van der Waals surface area contributed by atoms with Crippen molar-refractivity contribution in [2.45, 2.75) is 6.92 Å². The summed E-state index contributed by atoms with van der Waals surface area (Å²) >= 11 is 0. The number of benzene rings is 3. The van der Waals surface area contributed by atoms with Gasteiger partial charge in [-0.25, -0.2) is 0 Å². The molecule has 3 rings (SSSR count). The van der Waals surface area contributed by atoms with E-state index in [1.54, 1.807) is 55.7 Å². The number of para-hydroxylation sites is 1. The zero-order chi connectivity index (χ0) is 20.6. The Morgan fingerprint density at radius 2 is 1.62 bits per heavy atom. The zero-order valence-corrected chi connectivity index (χ0v) is 16.3. The smallest absolute Gasteiger partial charge is 0.272 e. The Morgan fingerprint density at radius 1 is 0.897 bits per heavy atom. The Balaban J connectivity index is 1.88. The summed E-state index contributed by atoms with van der Waals surface area (Å²) in [5, 5.41) is 5.54. The molecule has 2 N–H and O–H groups in total. The van der Waals surface area contributed by atoms with E-state index in [4.69, 9.17) is 4.74 Å². The lowest BCUT2D eigenvalue weighted by atomic mass is 10.1. The van der Waals surface area contributed by atoms with Crippen LogP contribution in [-0.2, 0) is 4.79 Å². The van der Waals surface area contributed by atoms with E-state index in [2.05, 4.69) is 10.6 Å². The summed E-state index contributed by atoms with van der Waals surface area (Å²) in [7, 11) is 1.59. The van der Waals surface area contributed by atoms with Gasteiger partial charge in [-0.3, -0.25) is 9.59 Å². The molecule has 0 aromatic heterocycles. The number of ether oxygens (including phenoxy) is 1. The van der Waals surface area contributed by atoms with E-state index in [9.17, 15) is 9.59 Å². The molecule has 2 amide bonds. The van der Waals surface area contributed by atoms with Crippen molar-refractivity contribution >= 4 is 23.6 Å². The number of methoxy groups -OCH3 is 1. The van der Waals surface area contributed by atoms with Crippen LogP contribution in [0.25, 0.3) is 6.08 Å². The minimum absolute atomic E-state index is 0.144. The van der Waals surface area contributed by atoms with Crippen LogP contribution in [0.15, 0.2) is 84.6 Å². The van der Waals surface area contributed by atoms with Gasteiger partial charge in [-0.05, 0) is 55.0 Å². The second kappa shape index (κ2) is 9.37. The number of rotatable bonds is 6. The third kappa shape index (κ3) is 5.56. The molecule has 5 heteroatoms. The van der Waals surface area contributed by atoms with Crippen LogP contribution in [0.4, 0.5) is 5.69 Å². The van der Waals surface area contributed by atoms with Gasteiger partial charge in [-0.1, -0.05) is 48.0 Å². The molecule has 0 fully saturated rings. The van der Waals surface area contributed by atoms with Crippen LogP contribution in [0.5, 0.6) is 5.75 Å². The summed E-state index contributed by atoms with van der Waals surface area (Å²) in [4.78, 5) is 25.6. The molecule has 0 aliphatic rings. The van der Waals surface area contributed by atoms with Crippen molar-refractivity contribution in [1.29, 1.82) is 0 Å². The quantitative estimate of drug-likeness (QED) is 0.617. The number of hydrogen-bond donors (Lipinski definition) is 2. The van der Waals surface area contributed by atoms with E-state index in [0.717, 1.165) is 11.1 Å². The molecule has 0 unspecified atom stereocenters. The molecular formula is C24H22N2O3. The molecular weight excluding hydrogens is 364 g/mol. The molecule has 3 aromatic rings. The highest BCUT2D eigenvalue weighted by atomic mass is 16.5. The molecule has 3 aromatic carbocycles. The minimum Gasteiger partial charge on any atom is -0.497 e. The maximum Gasteiger partial charge on any atom is 0.272 e. The summed E-state index contributed by atoms with van der Waals surface area (Å²) in [6.45, 7) is 1.91. The van der Waals surface area contributed by atoms with Crippen molar-refractivity contribution in [2.75, 3.05) is 12.4 Å². The first-order chi connectivity index (χ1) is 14.0. The average Bonchev–Trinajstić information content (AvgIpc) is 2.74. The monoisotopic (exact) mass is 386 g/mol. The standard InChI is InChI=1S/C24H22N2O3/c1-17-7-6-8-19(15-17)23(27)26-22(16-18-11-13-21(29-2)14-12-18)24(28)25-20-9-4-3-5-10-20/h3-16H,1-2H3,(H,25,28)(H,26,27)/b22-16+. The predicted octanol–water partition coefficient (Wildman–Crippen LogP) is 4.41. The molecule has 0 atom stereocenters. The predicted molar refractivity (Wildman–Crippen MR) is 115 cm³/mol. The SMILES string of the molecule is COc1ccc(/C=C(/NC(=O)c2cccc(C)c2)C(=O)Nc2ccccc2)cc1. The van der Waals surface area contributed by atoms with Crippen LogP contribution in [0.3, 0.4) is 0 Å². The molecule has 0 spiro atoms. The number of carbonyl (C=O) groups is 2. The average molecular weight is 386 g/mol. The van der Waals surface area contributed by atoms with E-state index in [0.29, 0.717) is 17.0 Å². The number of aryl methyl sites for hydroxylation is 1. The Kier molecular flexibility index (Phi) is 6.43. The van der Waals surface area contributed by atoms with Gasteiger partial charge in [0.1, 0.15) is 11.4 Å². The van der Waals surface area contributed by atoms with Crippen LogP contribution < -0.4 is 15.4 Å². The van der Waals surface area contributed by atoms with E-state index in [1.807, 2.05) is 43.3 Å². The van der Waals surface area contributed by atoms with Gasteiger partial charge >= 0.3 is 0 Å². The minimum atomic E-state index is -0.409. The molecule has 0 saturated heterocycles. The fourth-order valence-electron chi connectivity index (χ4n) is 2.73. The fourth-order valence-corrected chi connectivity index (χ4v) is 2.73. The highest BCUT2D eigenvalue weighted by Gasteiger charge is 2.15. The van der Waals surface area contributed by atoms with Gasteiger partial charge in [-0.15, -0.1) is 0 Å². The van der Waals surface area contributed by atoms with Gasteiger partial charge in [0.15, 0.2) is 0 Å². The van der Waals surface area contributed by atoms with Crippen molar-refractivity contribution in [3.63, 3.8) is 0 Å². The van der Waals surface area contributed by atoms with Crippen molar-refractivity contribution in [1.82, 2.24) is 5.32 Å². The molecule has 0 heterocycles. The Labute approximate surface area is 170 Å². The number of carbonyl (C=O) groups excluding carboxylic acids is 2. The van der Waals surface area contributed by atoms with Gasteiger partial charge in [0.2, 0.25) is 0 Å². The van der Waals surface area contributed by atoms with Gasteiger partial charge < -0.3 is 15.4 Å². The molecule has 0 radical (unpaired) electrons. The number of amides is 2. The molecule has 5 nitrogen and oxygen atoms in total. The molecule has 0 saturated carbocycles. The first-order valence-corrected chi connectivity index (χ1v) is 9.15. The highest BCUT2D eigenvalue weighted by molar-refractivity contribution is 6.10. The molecule has 0 aliphatic heterocycles. The lowest BCUT2D eigenvalue weighted by Gasteiger charge is -2.12. The normalized spacial score (nSPS) is 10.9. The van der Waals surface area contributed by atoms with Crippen molar-refractivity contribution in [2.24, 2.45) is 0 Å². The summed E-state index contributed by atoms with van der Waals surface area (Å²) in [6.07, 6.45) is 1.63. The van der Waals surface area contributed by atoms with Crippen LogP contribution in [-0.4, -0.2) is 18.9 Å². The lowest BCUT2D eigenvalue weighted by molar-refractivity contribution is -0.113. The van der Waals surface area contributed by atoms with Gasteiger partial charge in [0.25, 0.3) is 11.8 Å². The third-order valence-corrected chi connectivity index (χ3v) is 4.23. The second-order valence-corrected chi connectivity index (χ2v) is 6.47. The first-order valence-electron chi connectivity index (χ1n) is 9.15. The van der Waals surface area contributed by atoms with Crippen molar-refractivity contribution in [3.8, 4) is 5.75 Å². The Morgan fingerprint density at radius 3 is 2.28 bits per heavy atom. The molecule has 29 heavy (non-hydrogen) atoms. The summed E-state index contributed by atoms with van der Waals surface area (Å²) in [6, 6.07) is 23.5. The van der Waals surface area contributed by atoms with E-state index in [1.165, 1.54) is 0 Å². The maximum absolute atomic E-state index is 12.9. The Hall–Kier alpha value is -3.86. The number of hydrogen-bond acceptors (Lipinski definition) is 3. The first kappa shape index (κ1) is 19.9. The highest BCUT2D eigenvalue weighted by Crippen LogP contribution is 2.15. The van der Waals surface area contributed by atoms with Crippen LogP contribution in [0.2, 0.25) is 0 Å². The number of anilines is 1. The van der Waals surface area contributed by atoms with Gasteiger partial charge in [0.05, 0.1) is 7.11 Å². The summed E-state index contributed by atoms with van der Waals surface area (Å²) in [5.74, 6) is -0.0501. The fraction of sp³-hybridized carbons (Fsp3) is 0.0833. The summed E-state index contributed by atoms with van der Waals surface area (Å²) in [5.41, 5.74) is 2.99. The second-order valence-electron chi connectivity index (χ2n) is 6.47. The topological polar surface area (TPSA) is 67.4 Å². The van der Waals surface area contributed by atoms with Crippen molar-refractivity contribution in [3.05, 3.63) is 101 Å². The molecule has 0 aliphatic carbocycles. The summed E-state index contributed by atoms with van der Waals surface area (Å²) < 4.78 is 5.16. The zero-order valence-electron chi connectivity index (χ0n) is 16.3. The van der Waals surface area contributed by atoms with Crippen molar-refractivity contribution < 1.29 is 14.3 Å². The van der Waals surface area contributed by atoms with Crippen LogP contribution in [0, 0.1) is 6.92 Å². The van der Waals surface area contributed by atoms with E-state index in [-0.39, 0.29) is 11.6 Å². The third-order valence-electron chi connectivity index (χ3n) is 4.23. The lowest BCUT2D eigenvalue weighted by Crippen LogP contribution is -2.30. The van der Waals surface area contributed by atoms with Gasteiger partial charge in [-0.2, -0.15) is 0 Å². The number of nitrogens with one attached hydrogen (secondary N) is 2. The molecule has 0 bridgehead atoms.